The van der Waals surface area contributed by atoms with E-state index < -0.39 is 29.3 Å². The Morgan fingerprint density at radius 3 is 2.59 bits per heavy atom. The number of rotatable bonds is 10. The largest absolute Gasteiger partial charge is 0.507 e. The van der Waals surface area contributed by atoms with E-state index in [-0.39, 0.29) is 16.3 Å². The van der Waals surface area contributed by atoms with E-state index in [9.17, 15) is 19.1 Å². The van der Waals surface area contributed by atoms with Crippen molar-refractivity contribution in [3.63, 3.8) is 0 Å². The Morgan fingerprint density at radius 2 is 1.77 bits per heavy atom. The number of benzene rings is 4. The average Bonchev–Trinajstić information content (AvgIpc) is 3.62. The normalized spacial score (nSPS) is 16.1. The first-order valence-electron chi connectivity index (χ1n) is 14.2. The van der Waals surface area contributed by atoms with E-state index in [4.69, 9.17) is 4.74 Å². The number of carbonyl (C=O) groups excluding carboxylic acids is 2. The number of unbranched alkanes of at least 4 members (excludes halogenated alkanes) is 1. The lowest BCUT2D eigenvalue weighted by molar-refractivity contribution is -0.132. The number of halogens is 1. The summed E-state index contributed by atoms with van der Waals surface area (Å²) in [6.07, 6.45) is 1.84. The number of fused-ring (bicyclic) bond motifs is 1. The third-order valence-electron chi connectivity index (χ3n) is 7.34. The number of ketones is 1. The lowest BCUT2D eigenvalue weighted by Gasteiger charge is -2.23. The van der Waals surface area contributed by atoms with Gasteiger partial charge in [0, 0.05) is 11.3 Å². The molecule has 0 radical (unpaired) electrons. The first kappa shape index (κ1) is 29.5. The number of thioether (sulfide) groups is 1. The van der Waals surface area contributed by atoms with E-state index >= 15 is 0 Å². The average molecular weight is 626 g/mol. The van der Waals surface area contributed by atoms with Crippen LogP contribution in [-0.4, -0.2) is 33.6 Å². The summed E-state index contributed by atoms with van der Waals surface area (Å²) in [5.41, 5.74) is 1.80. The van der Waals surface area contributed by atoms with Gasteiger partial charge in [0.1, 0.15) is 17.3 Å². The molecular weight excluding hydrogens is 598 g/mol. The molecule has 1 amide bonds. The molecule has 1 aliphatic heterocycles. The van der Waals surface area contributed by atoms with E-state index in [2.05, 4.69) is 41.4 Å². The van der Waals surface area contributed by atoms with Crippen LogP contribution in [0, 0.1) is 5.82 Å². The molecule has 44 heavy (non-hydrogen) atoms. The third kappa shape index (κ3) is 5.95. The van der Waals surface area contributed by atoms with E-state index in [0.717, 1.165) is 29.2 Å². The van der Waals surface area contributed by atoms with Crippen LogP contribution < -0.4 is 9.64 Å². The second kappa shape index (κ2) is 13.0. The minimum Gasteiger partial charge on any atom is -0.507 e. The number of hydrogen-bond acceptors (Lipinski definition) is 8. The minimum absolute atomic E-state index is 0.118. The van der Waals surface area contributed by atoms with Gasteiger partial charge in [-0.2, -0.15) is 0 Å². The second-order valence-corrected chi connectivity index (χ2v) is 12.4. The number of ether oxygens (including phenoxy) is 1. The number of hydrogen-bond donors (Lipinski definition) is 1. The molecule has 1 unspecified atom stereocenters. The fraction of sp³-hybridized carbons (Fsp3) is 0.176. The molecule has 7 nitrogen and oxygen atoms in total. The Morgan fingerprint density at radius 1 is 1.00 bits per heavy atom. The molecule has 1 aliphatic rings. The molecule has 1 N–H and O–H groups in total. The van der Waals surface area contributed by atoms with Crippen molar-refractivity contribution in [1.82, 2.24) is 10.2 Å². The summed E-state index contributed by atoms with van der Waals surface area (Å²) in [6.45, 7) is 2.59. The van der Waals surface area contributed by atoms with Gasteiger partial charge >= 0.3 is 5.91 Å². The zero-order chi connectivity index (χ0) is 30.6. The highest BCUT2D eigenvalue weighted by molar-refractivity contribution is 8.00. The summed E-state index contributed by atoms with van der Waals surface area (Å²) >= 11 is 2.69. The number of aliphatic hydroxyl groups is 1. The van der Waals surface area contributed by atoms with Crippen LogP contribution in [0.4, 0.5) is 9.52 Å². The standard InChI is InChI=1S/C34H28FN3O4S2/c1-2-3-18-42-26-12-7-10-23(19-26)29-28(30(39)22-14-16-25(35)17-15-22)31(40)32(41)38(29)33-36-37-34(44-33)43-20-24-11-6-9-21-8-4-5-13-27(21)24/h4-17,19,29,39H,2-3,18,20H2,1H3/b30-28+. The topological polar surface area (TPSA) is 92.6 Å². The smallest absolute Gasteiger partial charge is 0.301 e. The van der Waals surface area contributed by atoms with Crippen LogP contribution in [0.2, 0.25) is 0 Å². The fourth-order valence-corrected chi connectivity index (χ4v) is 7.00. The zero-order valence-corrected chi connectivity index (χ0v) is 25.4. The number of amides is 1. The molecule has 222 valence electrons. The van der Waals surface area contributed by atoms with Crippen molar-refractivity contribution < 1.29 is 23.8 Å². The highest BCUT2D eigenvalue weighted by Crippen LogP contribution is 2.44. The lowest BCUT2D eigenvalue weighted by Crippen LogP contribution is -2.29. The maximum absolute atomic E-state index is 13.7. The van der Waals surface area contributed by atoms with Gasteiger partial charge in [-0.05, 0) is 64.7 Å². The Bertz CT molecular complexity index is 1870. The van der Waals surface area contributed by atoms with E-state index in [1.165, 1.54) is 52.3 Å². The van der Waals surface area contributed by atoms with Gasteiger partial charge in [-0.15, -0.1) is 10.2 Å². The second-order valence-electron chi connectivity index (χ2n) is 10.2. The first-order chi connectivity index (χ1) is 21.4. The van der Waals surface area contributed by atoms with Crippen molar-refractivity contribution in [3.05, 3.63) is 119 Å². The molecule has 6 rings (SSSR count). The monoisotopic (exact) mass is 625 g/mol. The predicted molar refractivity (Wildman–Crippen MR) is 171 cm³/mol. The Labute approximate surface area is 262 Å². The number of Topliss-reactive ketones (excluding diaryl/α,β-unsaturated/α-hetero) is 1. The van der Waals surface area contributed by atoms with Crippen LogP contribution >= 0.6 is 23.1 Å². The summed E-state index contributed by atoms with van der Waals surface area (Å²) in [6, 6.07) is 25.5. The number of aromatic nitrogens is 2. The SMILES string of the molecule is CCCCOc1cccc(C2/C(=C(\O)c3ccc(F)cc3)C(=O)C(=O)N2c2nnc(SCc3cccc4ccccc34)s2)c1. The Kier molecular flexibility index (Phi) is 8.72. The number of carbonyl (C=O) groups is 2. The van der Waals surface area contributed by atoms with Gasteiger partial charge in [-0.3, -0.25) is 14.5 Å². The van der Waals surface area contributed by atoms with Crippen LogP contribution in [0.5, 0.6) is 5.75 Å². The molecule has 0 bridgehead atoms. The van der Waals surface area contributed by atoms with Gasteiger partial charge in [0.25, 0.3) is 5.78 Å². The van der Waals surface area contributed by atoms with Gasteiger partial charge in [-0.1, -0.05) is 91.0 Å². The molecule has 1 fully saturated rings. The fourth-order valence-electron chi connectivity index (χ4n) is 5.13. The summed E-state index contributed by atoms with van der Waals surface area (Å²) in [4.78, 5) is 28.4. The molecule has 0 aliphatic carbocycles. The summed E-state index contributed by atoms with van der Waals surface area (Å²) in [7, 11) is 0. The number of aliphatic hydroxyl groups excluding tert-OH is 1. The molecule has 4 aromatic carbocycles. The van der Waals surface area contributed by atoms with Crippen molar-refractivity contribution in [2.75, 3.05) is 11.5 Å². The van der Waals surface area contributed by atoms with Crippen LogP contribution in [0.15, 0.2) is 101 Å². The Hall–Kier alpha value is -4.54. The third-order valence-corrected chi connectivity index (χ3v) is 9.44. The van der Waals surface area contributed by atoms with Gasteiger partial charge in [0.2, 0.25) is 5.13 Å². The molecule has 1 saturated heterocycles. The van der Waals surface area contributed by atoms with Gasteiger partial charge in [0.15, 0.2) is 4.34 Å². The zero-order valence-electron chi connectivity index (χ0n) is 23.8. The summed E-state index contributed by atoms with van der Waals surface area (Å²) in [5, 5.41) is 22.5. The van der Waals surface area contributed by atoms with Crippen LogP contribution in [0.1, 0.15) is 42.5 Å². The van der Waals surface area contributed by atoms with Gasteiger partial charge < -0.3 is 9.84 Å². The van der Waals surface area contributed by atoms with Crippen molar-refractivity contribution in [1.29, 1.82) is 0 Å². The van der Waals surface area contributed by atoms with E-state index in [1.807, 2.05) is 18.2 Å². The molecule has 10 heteroatoms. The molecule has 0 spiro atoms. The molecule has 2 heterocycles. The van der Waals surface area contributed by atoms with E-state index in [0.29, 0.717) is 28.0 Å². The van der Waals surface area contributed by atoms with E-state index in [1.54, 1.807) is 24.3 Å². The summed E-state index contributed by atoms with van der Waals surface area (Å²) in [5.74, 6) is -1.38. The number of nitrogens with zero attached hydrogens (tertiary/aromatic N) is 3. The maximum Gasteiger partial charge on any atom is 0.301 e. The molecule has 1 atom stereocenters. The highest BCUT2D eigenvalue weighted by atomic mass is 32.2. The lowest BCUT2D eigenvalue weighted by atomic mass is 9.95. The molecule has 0 saturated carbocycles. The van der Waals surface area contributed by atoms with Crippen molar-refractivity contribution in [2.45, 2.75) is 35.9 Å². The number of anilines is 1. The molecular formula is C34H28FN3O4S2. The van der Waals surface area contributed by atoms with Crippen molar-refractivity contribution in [3.8, 4) is 5.75 Å². The summed E-state index contributed by atoms with van der Waals surface area (Å²) < 4.78 is 20.2. The van der Waals surface area contributed by atoms with Crippen molar-refractivity contribution >= 4 is 56.5 Å². The van der Waals surface area contributed by atoms with Crippen molar-refractivity contribution in [2.24, 2.45) is 0 Å². The first-order valence-corrected chi connectivity index (χ1v) is 16.0. The van der Waals surface area contributed by atoms with Gasteiger partial charge in [-0.25, -0.2) is 4.39 Å². The van der Waals surface area contributed by atoms with Crippen LogP contribution in [-0.2, 0) is 15.3 Å². The predicted octanol–water partition coefficient (Wildman–Crippen LogP) is 7.93. The Balaban J connectivity index is 1.36. The highest BCUT2D eigenvalue weighted by Gasteiger charge is 2.48. The van der Waals surface area contributed by atoms with Crippen LogP contribution in [0.3, 0.4) is 0 Å². The maximum atomic E-state index is 13.7. The van der Waals surface area contributed by atoms with Crippen LogP contribution in [0.25, 0.3) is 16.5 Å². The minimum atomic E-state index is -1.00. The molecule has 1 aromatic heterocycles. The molecule has 5 aromatic rings. The quantitative estimate of drug-likeness (QED) is 0.0421. The van der Waals surface area contributed by atoms with Gasteiger partial charge in [0.05, 0.1) is 18.2 Å².